The molecule has 0 aromatic carbocycles. The number of nitrogens with zero attached hydrogens (tertiary/aromatic N) is 3. The van der Waals surface area contributed by atoms with Gasteiger partial charge in [0.1, 0.15) is 5.52 Å². The second kappa shape index (κ2) is 3.55. The molecule has 15 heavy (non-hydrogen) atoms. The molecule has 0 amide bonds. The first-order chi connectivity index (χ1) is 7.43. The Hall–Kier alpha value is -1.55. The van der Waals surface area contributed by atoms with Crippen molar-refractivity contribution in [3.05, 3.63) is 30.2 Å². The molecular formula is C11H12N4. The van der Waals surface area contributed by atoms with E-state index in [1.807, 2.05) is 6.07 Å². The SMILES string of the molecule is c1cnc2nc(C3CCNC3)ccc2n1. The molecule has 1 atom stereocenters. The summed E-state index contributed by atoms with van der Waals surface area (Å²) >= 11 is 0. The summed E-state index contributed by atoms with van der Waals surface area (Å²) in [5.41, 5.74) is 2.75. The lowest BCUT2D eigenvalue weighted by Crippen LogP contribution is -2.09. The molecule has 76 valence electrons. The second-order valence-electron chi connectivity index (χ2n) is 3.82. The van der Waals surface area contributed by atoms with Gasteiger partial charge in [0.2, 0.25) is 0 Å². The fraction of sp³-hybridized carbons (Fsp3) is 0.364. The van der Waals surface area contributed by atoms with E-state index < -0.39 is 0 Å². The van der Waals surface area contributed by atoms with E-state index in [2.05, 4.69) is 26.3 Å². The third-order valence-electron chi connectivity index (χ3n) is 2.83. The van der Waals surface area contributed by atoms with Crippen LogP contribution in [0.5, 0.6) is 0 Å². The Morgan fingerprint density at radius 3 is 3.00 bits per heavy atom. The fourth-order valence-corrected chi connectivity index (χ4v) is 2.00. The third kappa shape index (κ3) is 1.57. The fourth-order valence-electron chi connectivity index (χ4n) is 2.00. The van der Waals surface area contributed by atoms with Crippen molar-refractivity contribution in [1.29, 1.82) is 0 Å². The van der Waals surface area contributed by atoms with Gasteiger partial charge in [-0.2, -0.15) is 0 Å². The van der Waals surface area contributed by atoms with Crippen LogP contribution < -0.4 is 5.32 Å². The van der Waals surface area contributed by atoms with E-state index in [0.717, 1.165) is 29.9 Å². The maximum Gasteiger partial charge on any atom is 0.178 e. The van der Waals surface area contributed by atoms with Crippen LogP contribution in [0, 0.1) is 0 Å². The molecule has 4 nitrogen and oxygen atoms in total. The first-order valence-electron chi connectivity index (χ1n) is 5.22. The number of fused-ring (bicyclic) bond motifs is 1. The Balaban J connectivity index is 2.05. The van der Waals surface area contributed by atoms with Crippen molar-refractivity contribution in [1.82, 2.24) is 20.3 Å². The second-order valence-corrected chi connectivity index (χ2v) is 3.82. The van der Waals surface area contributed by atoms with Crippen molar-refractivity contribution in [3.8, 4) is 0 Å². The van der Waals surface area contributed by atoms with Crippen LogP contribution in [0.25, 0.3) is 11.2 Å². The van der Waals surface area contributed by atoms with Gasteiger partial charge in [0.05, 0.1) is 0 Å². The highest BCUT2D eigenvalue weighted by Gasteiger charge is 2.18. The van der Waals surface area contributed by atoms with Crippen LogP contribution in [0.15, 0.2) is 24.5 Å². The molecule has 0 saturated carbocycles. The molecule has 3 heterocycles. The largest absolute Gasteiger partial charge is 0.316 e. The summed E-state index contributed by atoms with van der Waals surface area (Å²) in [7, 11) is 0. The molecule has 1 unspecified atom stereocenters. The molecule has 2 aromatic rings. The highest BCUT2D eigenvalue weighted by Crippen LogP contribution is 2.21. The maximum absolute atomic E-state index is 4.54. The van der Waals surface area contributed by atoms with Gasteiger partial charge >= 0.3 is 0 Å². The summed E-state index contributed by atoms with van der Waals surface area (Å²) < 4.78 is 0. The van der Waals surface area contributed by atoms with Crippen LogP contribution in [0.4, 0.5) is 0 Å². The van der Waals surface area contributed by atoms with E-state index in [4.69, 9.17) is 0 Å². The van der Waals surface area contributed by atoms with Gasteiger partial charge in [-0.25, -0.2) is 9.97 Å². The van der Waals surface area contributed by atoms with Crippen molar-refractivity contribution in [3.63, 3.8) is 0 Å². The normalized spacial score (nSPS) is 20.9. The van der Waals surface area contributed by atoms with Crippen LogP contribution in [-0.4, -0.2) is 28.0 Å². The third-order valence-corrected chi connectivity index (χ3v) is 2.83. The van der Waals surface area contributed by atoms with Gasteiger partial charge in [-0.15, -0.1) is 0 Å². The summed E-state index contributed by atoms with van der Waals surface area (Å²) in [6.45, 7) is 2.11. The summed E-state index contributed by atoms with van der Waals surface area (Å²) in [6.07, 6.45) is 4.55. The maximum atomic E-state index is 4.54. The summed E-state index contributed by atoms with van der Waals surface area (Å²) in [5.74, 6) is 0.538. The number of hydrogen-bond donors (Lipinski definition) is 1. The van der Waals surface area contributed by atoms with Crippen LogP contribution in [0.2, 0.25) is 0 Å². The van der Waals surface area contributed by atoms with E-state index in [9.17, 15) is 0 Å². The van der Waals surface area contributed by atoms with Crippen LogP contribution >= 0.6 is 0 Å². The van der Waals surface area contributed by atoms with E-state index in [0.29, 0.717) is 5.92 Å². The van der Waals surface area contributed by atoms with Crippen molar-refractivity contribution in [2.75, 3.05) is 13.1 Å². The lowest BCUT2D eigenvalue weighted by atomic mass is 10.0. The van der Waals surface area contributed by atoms with Crippen molar-refractivity contribution >= 4 is 11.2 Å². The molecule has 0 bridgehead atoms. The smallest absolute Gasteiger partial charge is 0.178 e. The first-order valence-corrected chi connectivity index (χ1v) is 5.22. The monoisotopic (exact) mass is 200 g/mol. The Morgan fingerprint density at radius 2 is 2.13 bits per heavy atom. The van der Waals surface area contributed by atoms with E-state index in [1.54, 1.807) is 12.4 Å². The van der Waals surface area contributed by atoms with Gasteiger partial charge in [0.15, 0.2) is 5.65 Å². The number of nitrogens with one attached hydrogen (secondary N) is 1. The van der Waals surface area contributed by atoms with Gasteiger partial charge in [-0.1, -0.05) is 0 Å². The standard InChI is InChI=1S/C11H12N4/c1-2-10-11(14-6-5-13-10)15-9(1)8-3-4-12-7-8/h1-2,5-6,8,12H,3-4,7H2. The zero-order valence-electron chi connectivity index (χ0n) is 8.35. The van der Waals surface area contributed by atoms with Gasteiger partial charge in [-0.3, -0.25) is 4.98 Å². The quantitative estimate of drug-likeness (QED) is 0.749. The average molecular weight is 200 g/mol. The van der Waals surface area contributed by atoms with E-state index in [-0.39, 0.29) is 0 Å². The molecule has 0 radical (unpaired) electrons. The highest BCUT2D eigenvalue weighted by molar-refractivity contribution is 5.68. The Morgan fingerprint density at radius 1 is 1.20 bits per heavy atom. The first kappa shape index (κ1) is 8.73. The zero-order chi connectivity index (χ0) is 10.1. The van der Waals surface area contributed by atoms with Crippen molar-refractivity contribution < 1.29 is 0 Å². The zero-order valence-corrected chi connectivity index (χ0v) is 8.35. The molecule has 0 spiro atoms. The highest BCUT2D eigenvalue weighted by atomic mass is 14.9. The van der Waals surface area contributed by atoms with Crippen molar-refractivity contribution in [2.45, 2.75) is 12.3 Å². The molecule has 2 aromatic heterocycles. The number of pyridine rings is 1. The Kier molecular flexibility index (Phi) is 2.07. The molecule has 1 fully saturated rings. The topological polar surface area (TPSA) is 50.7 Å². The minimum absolute atomic E-state index is 0.538. The Bertz CT molecular complexity index is 477. The molecule has 1 saturated heterocycles. The summed E-state index contributed by atoms with van der Waals surface area (Å²) in [4.78, 5) is 13.0. The molecular weight excluding hydrogens is 188 g/mol. The van der Waals surface area contributed by atoms with Crippen LogP contribution in [-0.2, 0) is 0 Å². The number of rotatable bonds is 1. The van der Waals surface area contributed by atoms with Crippen LogP contribution in [0.3, 0.4) is 0 Å². The predicted octanol–water partition coefficient (Wildman–Crippen LogP) is 1.10. The Labute approximate surface area is 87.8 Å². The molecule has 0 aliphatic carbocycles. The number of hydrogen-bond acceptors (Lipinski definition) is 4. The molecule has 1 aliphatic heterocycles. The van der Waals surface area contributed by atoms with E-state index in [1.165, 1.54) is 6.42 Å². The lowest BCUT2D eigenvalue weighted by Gasteiger charge is -2.07. The number of aromatic nitrogens is 3. The van der Waals surface area contributed by atoms with Gasteiger partial charge < -0.3 is 5.32 Å². The van der Waals surface area contributed by atoms with Crippen molar-refractivity contribution in [2.24, 2.45) is 0 Å². The molecule has 1 N–H and O–H groups in total. The lowest BCUT2D eigenvalue weighted by molar-refractivity contribution is 0.738. The predicted molar refractivity (Wildman–Crippen MR) is 57.6 cm³/mol. The summed E-state index contributed by atoms with van der Waals surface area (Å²) in [6, 6.07) is 4.07. The average Bonchev–Trinajstić information content (AvgIpc) is 2.82. The van der Waals surface area contributed by atoms with E-state index >= 15 is 0 Å². The van der Waals surface area contributed by atoms with Gasteiger partial charge in [0.25, 0.3) is 0 Å². The van der Waals surface area contributed by atoms with Gasteiger partial charge in [-0.05, 0) is 25.1 Å². The molecule has 3 rings (SSSR count). The van der Waals surface area contributed by atoms with Gasteiger partial charge in [0, 0.05) is 30.6 Å². The molecule has 1 aliphatic rings. The summed E-state index contributed by atoms with van der Waals surface area (Å²) in [5, 5.41) is 3.34. The molecule has 4 heteroatoms. The van der Waals surface area contributed by atoms with Crippen LogP contribution in [0.1, 0.15) is 18.0 Å². The minimum atomic E-state index is 0.538. The minimum Gasteiger partial charge on any atom is -0.316 e.